The number of carboxylic acids is 2. The summed E-state index contributed by atoms with van der Waals surface area (Å²) in [6.45, 7) is 0. The highest BCUT2D eigenvalue weighted by molar-refractivity contribution is 6.35. The van der Waals surface area contributed by atoms with Crippen molar-refractivity contribution in [3.05, 3.63) is 0 Å². The van der Waals surface area contributed by atoms with Crippen molar-refractivity contribution in [2.75, 3.05) is 0 Å². The van der Waals surface area contributed by atoms with Gasteiger partial charge in [-0.3, -0.25) is 4.79 Å². The Balaban J connectivity index is 4.45. The number of hydrogen-bond donors (Lipinski definition) is 4. The number of guanidine groups is 1. The van der Waals surface area contributed by atoms with Gasteiger partial charge in [-0.15, -0.1) is 10.2 Å². The third kappa shape index (κ3) is 5.52. The van der Waals surface area contributed by atoms with Gasteiger partial charge in [-0.2, -0.15) is 0 Å². The topological polar surface area (TPSA) is 151 Å². The van der Waals surface area contributed by atoms with E-state index in [9.17, 15) is 9.59 Å². The van der Waals surface area contributed by atoms with Crippen molar-refractivity contribution in [3.8, 4) is 0 Å². The van der Waals surface area contributed by atoms with Gasteiger partial charge in [-0.25, -0.2) is 4.79 Å². The van der Waals surface area contributed by atoms with Crippen LogP contribution in [-0.4, -0.2) is 33.8 Å². The van der Waals surface area contributed by atoms with Gasteiger partial charge in [-0.1, -0.05) is 0 Å². The average Bonchev–Trinajstić information content (AvgIpc) is 2.02. The van der Waals surface area contributed by atoms with E-state index in [2.05, 4.69) is 10.2 Å². The fourth-order valence-electron chi connectivity index (χ4n) is 0.543. The van der Waals surface area contributed by atoms with Gasteiger partial charge >= 0.3 is 11.9 Å². The molecule has 78 valence electrons. The number of nitrogens with two attached hydrogens (primary N) is 2. The molecule has 14 heavy (non-hydrogen) atoms. The van der Waals surface area contributed by atoms with E-state index in [1.165, 1.54) is 0 Å². The summed E-state index contributed by atoms with van der Waals surface area (Å²) in [4.78, 5) is 20.6. The number of aliphatic carboxylic acids is 2. The fraction of sp³-hybridized carbons (Fsp3) is 0.333. The van der Waals surface area contributed by atoms with Crippen molar-refractivity contribution in [2.24, 2.45) is 21.7 Å². The molecule has 0 aromatic heterocycles. The van der Waals surface area contributed by atoms with Crippen molar-refractivity contribution in [1.82, 2.24) is 0 Å². The number of rotatable bonds is 5. The Bertz CT molecular complexity index is 292. The zero-order valence-corrected chi connectivity index (χ0v) is 7.17. The molecule has 0 rings (SSSR count). The molecular formula is C6H10N4O4. The Labute approximate surface area is 78.9 Å². The monoisotopic (exact) mass is 202 g/mol. The molecule has 0 radical (unpaired) electrons. The van der Waals surface area contributed by atoms with Gasteiger partial charge in [0.25, 0.3) is 0 Å². The third-order valence-corrected chi connectivity index (χ3v) is 1.11. The smallest absolute Gasteiger partial charge is 0.352 e. The van der Waals surface area contributed by atoms with E-state index in [4.69, 9.17) is 21.7 Å². The first kappa shape index (κ1) is 11.9. The summed E-state index contributed by atoms with van der Waals surface area (Å²) in [5, 5.41) is 23.1. The Morgan fingerprint density at radius 1 is 1.07 bits per heavy atom. The molecule has 0 fully saturated rings. The maximum atomic E-state index is 10.4. The fourth-order valence-corrected chi connectivity index (χ4v) is 0.543. The van der Waals surface area contributed by atoms with E-state index in [0.717, 1.165) is 0 Å². The van der Waals surface area contributed by atoms with Gasteiger partial charge in [-0.05, 0) is 0 Å². The lowest BCUT2D eigenvalue weighted by molar-refractivity contribution is -0.136. The molecule has 0 bridgehead atoms. The molecule has 6 N–H and O–H groups in total. The van der Waals surface area contributed by atoms with Crippen LogP contribution in [0.4, 0.5) is 0 Å². The molecule has 0 atom stereocenters. The maximum absolute atomic E-state index is 10.4. The second-order valence-corrected chi connectivity index (χ2v) is 2.27. The highest BCUT2D eigenvalue weighted by Crippen LogP contribution is 1.95. The van der Waals surface area contributed by atoms with E-state index >= 15 is 0 Å². The van der Waals surface area contributed by atoms with E-state index in [1.807, 2.05) is 0 Å². The average molecular weight is 202 g/mol. The predicted molar refractivity (Wildman–Crippen MR) is 47.8 cm³/mol. The van der Waals surface area contributed by atoms with Crippen LogP contribution in [0.1, 0.15) is 12.8 Å². The second kappa shape index (κ2) is 5.51. The summed E-state index contributed by atoms with van der Waals surface area (Å²) >= 11 is 0. The van der Waals surface area contributed by atoms with Crippen molar-refractivity contribution in [3.63, 3.8) is 0 Å². The van der Waals surface area contributed by atoms with Crippen LogP contribution in [-0.2, 0) is 9.59 Å². The highest BCUT2D eigenvalue weighted by Gasteiger charge is 2.11. The second-order valence-electron chi connectivity index (χ2n) is 2.27. The van der Waals surface area contributed by atoms with Crippen LogP contribution < -0.4 is 11.5 Å². The van der Waals surface area contributed by atoms with Crippen molar-refractivity contribution < 1.29 is 19.8 Å². The Hall–Kier alpha value is -2.12. The van der Waals surface area contributed by atoms with Crippen LogP contribution in [0.3, 0.4) is 0 Å². The summed E-state index contributed by atoms with van der Waals surface area (Å²) in [7, 11) is 0. The molecule has 0 amide bonds. The van der Waals surface area contributed by atoms with E-state index in [1.54, 1.807) is 0 Å². The molecule has 8 nitrogen and oxygen atoms in total. The Kier molecular flexibility index (Phi) is 4.68. The molecule has 0 aliphatic heterocycles. The van der Waals surface area contributed by atoms with Gasteiger partial charge in [0, 0.05) is 6.42 Å². The molecular weight excluding hydrogens is 192 g/mol. The molecule has 0 saturated carbocycles. The number of nitrogens with zero attached hydrogens (tertiary/aromatic N) is 2. The van der Waals surface area contributed by atoms with Gasteiger partial charge in [0.05, 0.1) is 6.42 Å². The zero-order chi connectivity index (χ0) is 11.1. The number of hydrogen-bond acceptors (Lipinski definition) is 4. The summed E-state index contributed by atoms with van der Waals surface area (Å²) in [6.07, 6.45) is -0.577. The van der Waals surface area contributed by atoms with Crippen molar-refractivity contribution in [2.45, 2.75) is 12.8 Å². The summed E-state index contributed by atoms with van der Waals surface area (Å²) in [5.74, 6) is -2.86. The van der Waals surface area contributed by atoms with Crippen molar-refractivity contribution in [1.29, 1.82) is 0 Å². The molecule has 0 spiro atoms. The molecule has 0 saturated heterocycles. The van der Waals surface area contributed by atoms with Gasteiger partial charge in [0.15, 0.2) is 0 Å². The van der Waals surface area contributed by atoms with Crippen molar-refractivity contribution >= 4 is 23.6 Å². The summed E-state index contributed by atoms with van der Waals surface area (Å²) < 4.78 is 0. The minimum absolute atomic E-state index is 0.235. The molecule has 0 unspecified atom stereocenters. The quantitative estimate of drug-likeness (QED) is 0.243. The molecule has 0 aromatic carbocycles. The van der Waals surface area contributed by atoms with Crippen LogP contribution in [0.15, 0.2) is 10.2 Å². The van der Waals surface area contributed by atoms with Crippen LogP contribution >= 0.6 is 0 Å². The lowest BCUT2D eigenvalue weighted by atomic mass is 10.2. The molecule has 0 aromatic rings. The van der Waals surface area contributed by atoms with Crippen LogP contribution in [0.2, 0.25) is 0 Å². The summed E-state index contributed by atoms with van der Waals surface area (Å²) in [5.41, 5.74) is 9.41. The first-order chi connectivity index (χ1) is 6.43. The SMILES string of the molecule is NC(N)=NN=C(CCC(=O)O)C(=O)O. The minimum atomic E-state index is -1.35. The standard InChI is InChI=1S/C6H10N4O4/c7-6(8)10-9-3(5(13)14)1-2-4(11)12/h1-2H2,(H,11,12)(H,13,14)(H4,7,8,10). The van der Waals surface area contributed by atoms with Crippen LogP contribution in [0, 0.1) is 0 Å². The number of carbonyl (C=O) groups is 2. The maximum Gasteiger partial charge on any atom is 0.352 e. The van der Waals surface area contributed by atoms with Gasteiger partial charge in [0.1, 0.15) is 5.71 Å². The largest absolute Gasteiger partial charge is 0.481 e. The van der Waals surface area contributed by atoms with Gasteiger partial charge < -0.3 is 21.7 Å². The van der Waals surface area contributed by atoms with Gasteiger partial charge in [0.2, 0.25) is 5.96 Å². The van der Waals surface area contributed by atoms with E-state index in [0.29, 0.717) is 0 Å². The molecule has 0 aliphatic rings. The highest BCUT2D eigenvalue weighted by atomic mass is 16.4. The normalized spacial score (nSPS) is 10.7. The minimum Gasteiger partial charge on any atom is -0.481 e. The molecule has 0 heterocycles. The molecule has 0 aliphatic carbocycles. The third-order valence-electron chi connectivity index (χ3n) is 1.11. The van der Waals surface area contributed by atoms with Crippen LogP contribution in [0.25, 0.3) is 0 Å². The van der Waals surface area contributed by atoms with Crippen LogP contribution in [0.5, 0.6) is 0 Å². The van der Waals surface area contributed by atoms with E-state index in [-0.39, 0.29) is 18.8 Å². The molecule has 8 heteroatoms. The summed E-state index contributed by atoms with van der Waals surface area (Å²) in [6, 6.07) is 0. The number of carboxylic acid groups (broad SMARTS) is 2. The van der Waals surface area contributed by atoms with E-state index < -0.39 is 17.7 Å². The predicted octanol–water partition coefficient (Wildman–Crippen LogP) is -1.43. The first-order valence-electron chi connectivity index (χ1n) is 3.54. The lowest BCUT2D eigenvalue weighted by Crippen LogP contribution is -2.22. The zero-order valence-electron chi connectivity index (χ0n) is 7.17. The Morgan fingerprint density at radius 3 is 2.00 bits per heavy atom. The lowest BCUT2D eigenvalue weighted by Gasteiger charge is -1.95. The Morgan fingerprint density at radius 2 is 1.64 bits per heavy atom. The first-order valence-corrected chi connectivity index (χ1v) is 3.54.